The summed E-state index contributed by atoms with van der Waals surface area (Å²) in [5.41, 5.74) is 0.411. The van der Waals surface area contributed by atoms with Crippen molar-refractivity contribution in [3.63, 3.8) is 0 Å². The minimum atomic E-state index is -0.659. The molecule has 152 valence electrons. The van der Waals surface area contributed by atoms with Crippen molar-refractivity contribution in [1.29, 1.82) is 0 Å². The number of nitrogens with zero attached hydrogens (tertiary/aromatic N) is 2. The number of hydrogen-bond donors (Lipinski definition) is 2. The molecule has 10 heteroatoms. The van der Waals surface area contributed by atoms with Gasteiger partial charge in [-0.3, -0.25) is 25.0 Å². The van der Waals surface area contributed by atoms with Crippen molar-refractivity contribution >= 4 is 40.0 Å². The van der Waals surface area contributed by atoms with E-state index in [4.69, 9.17) is 4.74 Å². The van der Waals surface area contributed by atoms with E-state index >= 15 is 0 Å². The van der Waals surface area contributed by atoms with Gasteiger partial charge in [0, 0.05) is 29.3 Å². The Bertz CT molecular complexity index is 1090. The molecule has 0 aliphatic rings. The maximum absolute atomic E-state index is 12.7. The lowest BCUT2D eigenvalue weighted by molar-refractivity contribution is -0.384. The van der Waals surface area contributed by atoms with Crippen LogP contribution in [0.4, 0.5) is 10.8 Å². The molecule has 0 unspecified atom stereocenters. The van der Waals surface area contributed by atoms with Gasteiger partial charge >= 0.3 is 0 Å². The number of carbonyl (C=O) groups is 2. The van der Waals surface area contributed by atoms with E-state index in [-0.39, 0.29) is 16.9 Å². The topological polar surface area (TPSA) is 123 Å². The molecule has 2 N–H and O–H groups in total. The van der Waals surface area contributed by atoms with Gasteiger partial charge in [-0.1, -0.05) is 18.2 Å². The molecule has 2 amide bonds. The summed E-state index contributed by atoms with van der Waals surface area (Å²) in [6, 6.07) is 12.1. The Morgan fingerprint density at radius 1 is 1.20 bits per heavy atom. The number of amides is 2. The van der Waals surface area contributed by atoms with Gasteiger partial charge in [0.1, 0.15) is 11.4 Å². The van der Waals surface area contributed by atoms with E-state index in [0.29, 0.717) is 16.4 Å². The van der Waals surface area contributed by atoms with Crippen LogP contribution in [-0.2, 0) is 4.79 Å². The van der Waals surface area contributed by atoms with Crippen LogP contribution in [0, 0.1) is 10.1 Å². The average Bonchev–Trinajstić information content (AvgIpc) is 3.26. The summed E-state index contributed by atoms with van der Waals surface area (Å²) < 4.78 is 5.11. The van der Waals surface area contributed by atoms with Gasteiger partial charge in [0.05, 0.1) is 12.0 Å². The smallest absolute Gasteiger partial charge is 0.273 e. The van der Waals surface area contributed by atoms with Crippen LogP contribution < -0.4 is 15.4 Å². The molecular formula is C20H16N4O5S. The first-order valence-electron chi connectivity index (χ1n) is 8.58. The standard InChI is InChI=1S/C20H16N4O5S/c1-29-16-7-5-13(6-8-16)11-17(19(26)23-20-21-9-10-30-20)22-18(25)14-3-2-4-15(12-14)24(27)28/h2-12H,1H3,(H,22,25)(H,21,23,26)/b17-11-. The van der Waals surface area contributed by atoms with Crippen molar-refractivity contribution < 1.29 is 19.2 Å². The van der Waals surface area contributed by atoms with Crippen molar-refractivity contribution in [2.45, 2.75) is 0 Å². The van der Waals surface area contributed by atoms with Crippen molar-refractivity contribution in [3.8, 4) is 5.75 Å². The van der Waals surface area contributed by atoms with Gasteiger partial charge < -0.3 is 10.1 Å². The molecule has 0 saturated heterocycles. The van der Waals surface area contributed by atoms with E-state index in [0.717, 1.165) is 6.07 Å². The normalized spacial score (nSPS) is 10.9. The number of non-ortho nitro benzene ring substituents is 1. The molecule has 0 saturated carbocycles. The summed E-state index contributed by atoms with van der Waals surface area (Å²) in [4.78, 5) is 39.7. The number of hydrogen-bond acceptors (Lipinski definition) is 7. The van der Waals surface area contributed by atoms with Crippen LogP contribution in [0.3, 0.4) is 0 Å². The Balaban J connectivity index is 1.88. The van der Waals surface area contributed by atoms with E-state index in [9.17, 15) is 19.7 Å². The molecule has 2 aromatic carbocycles. The number of aromatic nitrogens is 1. The van der Waals surface area contributed by atoms with Crippen molar-refractivity contribution in [1.82, 2.24) is 10.3 Å². The maximum Gasteiger partial charge on any atom is 0.273 e. The second-order valence-corrected chi connectivity index (χ2v) is 6.78. The van der Waals surface area contributed by atoms with E-state index in [2.05, 4.69) is 15.6 Å². The second-order valence-electron chi connectivity index (χ2n) is 5.88. The molecule has 1 aromatic heterocycles. The third-order valence-electron chi connectivity index (χ3n) is 3.89. The zero-order chi connectivity index (χ0) is 21.5. The first-order valence-corrected chi connectivity index (χ1v) is 9.46. The van der Waals surface area contributed by atoms with E-state index in [1.54, 1.807) is 29.6 Å². The third-order valence-corrected chi connectivity index (χ3v) is 4.58. The number of rotatable bonds is 7. The fraction of sp³-hybridized carbons (Fsp3) is 0.0500. The molecule has 1 heterocycles. The van der Waals surface area contributed by atoms with Crippen LogP contribution in [-0.4, -0.2) is 28.8 Å². The molecule has 0 bridgehead atoms. The maximum atomic E-state index is 12.7. The van der Waals surface area contributed by atoms with Gasteiger partial charge in [0.15, 0.2) is 5.13 Å². The van der Waals surface area contributed by atoms with Crippen molar-refractivity contribution in [3.05, 3.63) is 87.0 Å². The van der Waals surface area contributed by atoms with Crippen LogP contribution in [0.2, 0.25) is 0 Å². The highest BCUT2D eigenvalue weighted by Crippen LogP contribution is 2.17. The molecule has 0 spiro atoms. The number of nitro groups is 1. The van der Waals surface area contributed by atoms with Crippen LogP contribution in [0.1, 0.15) is 15.9 Å². The Morgan fingerprint density at radius 2 is 1.97 bits per heavy atom. The number of ether oxygens (including phenoxy) is 1. The lowest BCUT2D eigenvalue weighted by Crippen LogP contribution is -2.30. The summed E-state index contributed by atoms with van der Waals surface area (Å²) in [5.74, 6) is -0.603. The highest BCUT2D eigenvalue weighted by molar-refractivity contribution is 7.13. The Morgan fingerprint density at radius 3 is 2.60 bits per heavy atom. The second kappa shape index (κ2) is 9.43. The zero-order valence-corrected chi connectivity index (χ0v) is 16.5. The summed E-state index contributed by atoms with van der Waals surface area (Å²) in [6.07, 6.45) is 3.02. The fourth-order valence-electron chi connectivity index (χ4n) is 2.43. The number of anilines is 1. The highest BCUT2D eigenvalue weighted by Gasteiger charge is 2.17. The molecule has 30 heavy (non-hydrogen) atoms. The lowest BCUT2D eigenvalue weighted by atomic mass is 10.1. The number of methoxy groups -OCH3 is 1. The van der Waals surface area contributed by atoms with Gasteiger partial charge in [-0.15, -0.1) is 11.3 Å². The predicted octanol–water partition coefficient (Wildman–Crippen LogP) is 3.47. The number of benzene rings is 2. The molecule has 3 rings (SSSR count). The SMILES string of the molecule is COc1ccc(/C=C(\NC(=O)c2cccc([N+](=O)[O-])c2)C(=O)Nc2nccs2)cc1. The van der Waals surface area contributed by atoms with E-state index in [1.807, 2.05) is 0 Å². The van der Waals surface area contributed by atoms with Gasteiger partial charge in [-0.05, 0) is 29.8 Å². The number of carbonyl (C=O) groups excluding carboxylic acids is 2. The third kappa shape index (κ3) is 5.26. The summed E-state index contributed by atoms with van der Waals surface area (Å²) in [5, 5.41) is 18.1. The average molecular weight is 424 g/mol. The van der Waals surface area contributed by atoms with Gasteiger partial charge in [-0.25, -0.2) is 4.98 Å². The minimum Gasteiger partial charge on any atom is -0.497 e. The Kier molecular flexibility index (Phi) is 6.50. The molecular weight excluding hydrogens is 408 g/mol. The molecule has 9 nitrogen and oxygen atoms in total. The first kappa shape index (κ1) is 20.7. The van der Waals surface area contributed by atoms with E-state index in [1.165, 1.54) is 48.9 Å². The lowest BCUT2D eigenvalue weighted by Gasteiger charge is -2.10. The summed E-state index contributed by atoms with van der Waals surface area (Å²) in [6.45, 7) is 0. The molecule has 0 fully saturated rings. The van der Waals surface area contributed by atoms with Crippen molar-refractivity contribution in [2.24, 2.45) is 0 Å². The van der Waals surface area contributed by atoms with Crippen LogP contribution in [0.15, 0.2) is 65.8 Å². The fourth-order valence-corrected chi connectivity index (χ4v) is 2.95. The first-order chi connectivity index (χ1) is 14.5. The number of nitrogens with one attached hydrogen (secondary N) is 2. The largest absolute Gasteiger partial charge is 0.497 e. The summed E-state index contributed by atoms with van der Waals surface area (Å²) in [7, 11) is 1.54. The highest BCUT2D eigenvalue weighted by atomic mass is 32.1. The van der Waals surface area contributed by atoms with Crippen LogP contribution >= 0.6 is 11.3 Å². The molecule has 0 aliphatic heterocycles. The molecule has 0 radical (unpaired) electrons. The van der Waals surface area contributed by atoms with Crippen molar-refractivity contribution in [2.75, 3.05) is 12.4 Å². The number of nitro benzene ring substituents is 1. The van der Waals surface area contributed by atoms with Gasteiger partial charge in [0.2, 0.25) is 0 Å². The van der Waals surface area contributed by atoms with Gasteiger partial charge in [-0.2, -0.15) is 0 Å². The monoisotopic (exact) mass is 424 g/mol. The van der Waals surface area contributed by atoms with Crippen LogP contribution in [0.25, 0.3) is 6.08 Å². The molecule has 0 aliphatic carbocycles. The van der Waals surface area contributed by atoms with E-state index < -0.39 is 16.7 Å². The summed E-state index contributed by atoms with van der Waals surface area (Å²) >= 11 is 1.23. The van der Waals surface area contributed by atoms with Gasteiger partial charge in [0.25, 0.3) is 17.5 Å². The Hall–Kier alpha value is -4.05. The van der Waals surface area contributed by atoms with Crippen LogP contribution in [0.5, 0.6) is 5.75 Å². The molecule has 0 atom stereocenters. The quantitative estimate of drug-likeness (QED) is 0.340. The predicted molar refractivity (Wildman–Crippen MR) is 112 cm³/mol. The molecule has 3 aromatic rings. The minimum absolute atomic E-state index is 0.0480. The number of thiazole rings is 1. The zero-order valence-electron chi connectivity index (χ0n) is 15.7. The Labute approximate surface area is 175 Å².